The molecule has 0 spiro atoms. The molecule has 1 heterocycles. The van der Waals surface area contributed by atoms with Crippen molar-refractivity contribution >= 4 is 39.0 Å². The summed E-state index contributed by atoms with van der Waals surface area (Å²) in [5, 5.41) is 2.37. The smallest absolute Gasteiger partial charge is 0.270 e. The molecule has 1 N–H and O–H groups in total. The number of fused-ring (bicyclic) bond motifs is 3. The second-order valence-corrected chi connectivity index (χ2v) is 16.7. The molecule has 2 aromatic carbocycles. The largest absolute Gasteiger partial charge is 0.449 e. The maximum Gasteiger partial charge on any atom is 0.270 e. The lowest BCUT2D eigenvalue weighted by molar-refractivity contribution is 0.0993. The van der Waals surface area contributed by atoms with Crippen LogP contribution in [0.2, 0.25) is 26.2 Å². The van der Waals surface area contributed by atoms with Gasteiger partial charge in [-0.25, -0.2) is 0 Å². The molecule has 1 amide bonds. The standard InChI is InChI=1S/C22H26NO2Si2/c1-13-10-15-8-7-9-16(17(15)11-13)20-18(22(23)24)12-19-14(2)21(20)27(5,6)25-26(19,3)4/h7-9,11-12,23H,10H2,1-6H3. The first-order valence-electron chi connectivity index (χ1n) is 9.47. The van der Waals surface area contributed by atoms with Crippen molar-refractivity contribution in [2.24, 2.45) is 0 Å². The average Bonchev–Trinajstić information content (AvgIpc) is 2.91. The maximum absolute atomic E-state index is 12.4. The number of carbonyl (C=O) groups is 1. The third-order valence-electron chi connectivity index (χ3n) is 5.92. The van der Waals surface area contributed by atoms with Crippen LogP contribution in [-0.2, 0) is 10.5 Å². The normalized spacial score (nSPS) is 18.8. The Labute approximate surface area is 163 Å². The van der Waals surface area contributed by atoms with Gasteiger partial charge in [0.15, 0.2) is 0 Å². The summed E-state index contributed by atoms with van der Waals surface area (Å²) in [6.45, 7) is 13.2. The number of allylic oxidation sites excluding steroid dienone is 1. The topological polar surface area (TPSA) is 50.1 Å². The minimum Gasteiger partial charge on any atom is -0.449 e. The third-order valence-corrected chi connectivity index (χ3v) is 13.6. The molecule has 2 aliphatic rings. The van der Waals surface area contributed by atoms with Crippen molar-refractivity contribution in [1.82, 2.24) is 5.73 Å². The molecule has 1 aliphatic carbocycles. The molecule has 5 heteroatoms. The van der Waals surface area contributed by atoms with Crippen molar-refractivity contribution in [2.75, 3.05) is 0 Å². The van der Waals surface area contributed by atoms with E-state index in [2.05, 4.69) is 64.3 Å². The van der Waals surface area contributed by atoms with Gasteiger partial charge in [0.2, 0.25) is 16.6 Å². The summed E-state index contributed by atoms with van der Waals surface area (Å²) in [5.41, 5.74) is 15.7. The van der Waals surface area contributed by atoms with Gasteiger partial charge in [0, 0.05) is 5.56 Å². The van der Waals surface area contributed by atoms with Crippen LogP contribution in [0.4, 0.5) is 0 Å². The fourth-order valence-electron chi connectivity index (χ4n) is 5.12. The van der Waals surface area contributed by atoms with Crippen molar-refractivity contribution in [3.05, 3.63) is 52.1 Å². The number of hydrogen-bond donors (Lipinski definition) is 0. The van der Waals surface area contributed by atoms with E-state index in [9.17, 15) is 4.79 Å². The molecule has 0 unspecified atom stereocenters. The van der Waals surface area contributed by atoms with Crippen molar-refractivity contribution in [3.8, 4) is 11.1 Å². The number of hydrogen-bond acceptors (Lipinski definition) is 2. The lowest BCUT2D eigenvalue weighted by Gasteiger charge is -2.43. The molecule has 0 atom stereocenters. The highest BCUT2D eigenvalue weighted by atomic mass is 28.4. The molecule has 0 saturated carbocycles. The Morgan fingerprint density at radius 1 is 1.11 bits per heavy atom. The first kappa shape index (κ1) is 18.4. The van der Waals surface area contributed by atoms with Crippen molar-refractivity contribution < 1.29 is 8.91 Å². The lowest BCUT2D eigenvalue weighted by Crippen LogP contribution is -2.66. The van der Waals surface area contributed by atoms with Crippen molar-refractivity contribution in [3.63, 3.8) is 0 Å². The summed E-state index contributed by atoms with van der Waals surface area (Å²) in [7, 11) is -4.28. The highest BCUT2D eigenvalue weighted by Gasteiger charge is 2.46. The predicted octanol–water partition coefficient (Wildman–Crippen LogP) is 3.90. The molecule has 0 aromatic heterocycles. The second kappa shape index (κ2) is 5.77. The van der Waals surface area contributed by atoms with Crippen LogP contribution in [0.1, 0.15) is 34.0 Å². The highest BCUT2D eigenvalue weighted by Crippen LogP contribution is 2.38. The van der Waals surface area contributed by atoms with Gasteiger partial charge in [0.1, 0.15) is 0 Å². The van der Waals surface area contributed by atoms with E-state index in [1.165, 1.54) is 32.6 Å². The fourth-order valence-corrected chi connectivity index (χ4v) is 14.6. The summed E-state index contributed by atoms with van der Waals surface area (Å²) in [5.74, 6) is -0.597. The molecule has 3 nitrogen and oxygen atoms in total. The highest BCUT2D eigenvalue weighted by molar-refractivity contribution is 7.00. The fraction of sp³-hybridized carbons (Fsp3) is 0.318. The van der Waals surface area contributed by atoms with Crippen LogP contribution >= 0.6 is 0 Å². The van der Waals surface area contributed by atoms with Crippen molar-refractivity contribution in [1.29, 1.82) is 0 Å². The van der Waals surface area contributed by atoms with Gasteiger partial charge in [-0.15, -0.1) is 0 Å². The van der Waals surface area contributed by atoms with Crippen LogP contribution in [-0.4, -0.2) is 22.5 Å². The molecule has 27 heavy (non-hydrogen) atoms. The molecule has 1 aliphatic heterocycles. The molecule has 1 radical (unpaired) electrons. The van der Waals surface area contributed by atoms with Crippen LogP contribution in [0.15, 0.2) is 29.8 Å². The summed E-state index contributed by atoms with van der Waals surface area (Å²) in [4.78, 5) is 12.4. The van der Waals surface area contributed by atoms with Gasteiger partial charge in [0.25, 0.3) is 5.91 Å². The minimum atomic E-state index is -2.21. The monoisotopic (exact) mass is 392 g/mol. The van der Waals surface area contributed by atoms with E-state index in [-0.39, 0.29) is 0 Å². The summed E-state index contributed by atoms with van der Waals surface area (Å²) >= 11 is 0. The Hall–Kier alpha value is -1.96. The van der Waals surface area contributed by atoms with Gasteiger partial charge >= 0.3 is 0 Å². The molecular formula is C22H26NO2Si2. The molecule has 4 rings (SSSR count). The van der Waals surface area contributed by atoms with E-state index >= 15 is 0 Å². The van der Waals surface area contributed by atoms with E-state index < -0.39 is 22.5 Å². The molecule has 0 fully saturated rings. The Bertz CT molecular complexity index is 1040. The van der Waals surface area contributed by atoms with E-state index in [0.29, 0.717) is 5.56 Å². The van der Waals surface area contributed by atoms with Gasteiger partial charge < -0.3 is 4.12 Å². The van der Waals surface area contributed by atoms with E-state index in [1.54, 1.807) is 0 Å². The number of amides is 1. The Morgan fingerprint density at radius 2 is 1.81 bits per heavy atom. The van der Waals surface area contributed by atoms with Gasteiger partial charge in [-0.05, 0) is 90.7 Å². The first-order chi connectivity index (χ1) is 12.5. The number of benzene rings is 2. The zero-order valence-electron chi connectivity index (χ0n) is 16.9. The van der Waals surface area contributed by atoms with Gasteiger partial charge in [-0.1, -0.05) is 29.8 Å². The van der Waals surface area contributed by atoms with Crippen LogP contribution < -0.4 is 16.1 Å². The van der Waals surface area contributed by atoms with E-state index in [1.807, 2.05) is 6.07 Å². The van der Waals surface area contributed by atoms with Crippen LogP contribution in [0, 0.1) is 6.92 Å². The Balaban J connectivity index is 2.15. The molecule has 2 bridgehead atoms. The maximum atomic E-state index is 12.4. The van der Waals surface area contributed by atoms with Crippen LogP contribution in [0.5, 0.6) is 0 Å². The van der Waals surface area contributed by atoms with Gasteiger partial charge in [0.05, 0.1) is 0 Å². The van der Waals surface area contributed by atoms with E-state index in [0.717, 1.165) is 17.5 Å². The summed E-state index contributed by atoms with van der Waals surface area (Å²) < 4.78 is 6.75. The number of carbonyl (C=O) groups excluding carboxylic acids is 1. The molecule has 0 saturated heterocycles. The SMILES string of the molecule is CC1=Cc2c(cccc2-c2c(C([NH])=O)cc3c(C)c2[Si](C)(C)O[Si]3(C)C)C1. The number of nitrogens with one attached hydrogen (secondary N) is 1. The minimum absolute atomic E-state index is 0.543. The zero-order valence-corrected chi connectivity index (χ0v) is 18.9. The average molecular weight is 393 g/mol. The lowest BCUT2D eigenvalue weighted by atomic mass is 9.91. The first-order valence-corrected chi connectivity index (χ1v) is 15.3. The molecular weight excluding hydrogens is 366 g/mol. The quantitative estimate of drug-likeness (QED) is 0.728. The Morgan fingerprint density at radius 3 is 2.48 bits per heavy atom. The molecule has 139 valence electrons. The van der Waals surface area contributed by atoms with Crippen LogP contribution in [0.25, 0.3) is 17.2 Å². The number of rotatable bonds is 2. The summed E-state index contributed by atoms with van der Waals surface area (Å²) in [6.07, 6.45) is 3.19. The zero-order chi connectivity index (χ0) is 19.7. The van der Waals surface area contributed by atoms with E-state index in [4.69, 9.17) is 9.85 Å². The predicted molar refractivity (Wildman–Crippen MR) is 117 cm³/mol. The Kier molecular flexibility index (Phi) is 3.93. The van der Waals surface area contributed by atoms with Gasteiger partial charge in [-0.3, -0.25) is 10.5 Å². The second-order valence-electron chi connectivity index (χ2n) is 8.84. The molecule has 2 aromatic rings. The van der Waals surface area contributed by atoms with Crippen LogP contribution in [0.3, 0.4) is 0 Å². The van der Waals surface area contributed by atoms with Crippen molar-refractivity contribution in [2.45, 2.75) is 46.5 Å². The summed E-state index contributed by atoms with van der Waals surface area (Å²) in [6, 6.07) is 8.30. The third kappa shape index (κ3) is 2.68. The van der Waals surface area contributed by atoms with Gasteiger partial charge in [-0.2, -0.15) is 0 Å².